The first-order chi connectivity index (χ1) is 7.75. The maximum atomic E-state index is 11.8. The molecule has 2 rings (SSSR count). The Kier molecular flexibility index (Phi) is 3.69. The highest BCUT2D eigenvalue weighted by Gasteiger charge is 2.20. The van der Waals surface area contributed by atoms with Crippen LogP contribution in [0, 0.1) is 0 Å². The molecular formula is C10H13ClN4O. The summed E-state index contributed by atoms with van der Waals surface area (Å²) in [5.74, 6) is 0.381. The van der Waals surface area contributed by atoms with Crippen molar-refractivity contribution in [1.82, 2.24) is 15.3 Å². The van der Waals surface area contributed by atoms with E-state index in [4.69, 9.17) is 11.6 Å². The standard InChI is InChI=1S/C10H13ClN4O/c11-8-5-9(14-6-13-8)15-10(16)7-3-1-2-4-12-7/h5-7,12H,1-4H2,(H,13,14,15,16)/t7-/m0/s1. The second-order valence-electron chi connectivity index (χ2n) is 3.72. The molecule has 1 aliphatic rings. The largest absolute Gasteiger partial charge is 0.309 e. The van der Waals surface area contributed by atoms with E-state index in [1.165, 1.54) is 12.4 Å². The van der Waals surface area contributed by atoms with Gasteiger partial charge in [-0.3, -0.25) is 4.79 Å². The summed E-state index contributed by atoms with van der Waals surface area (Å²) in [6.07, 6.45) is 4.40. The minimum atomic E-state index is -0.123. The number of nitrogens with zero attached hydrogens (tertiary/aromatic N) is 2. The Balaban J connectivity index is 1.96. The molecule has 0 unspecified atom stereocenters. The van der Waals surface area contributed by atoms with E-state index in [2.05, 4.69) is 20.6 Å². The number of aromatic nitrogens is 2. The number of carbonyl (C=O) groups is 1. The van der Waals surface area contributed by atoms with Crippen LogP contribution in [-0.2, 0) is 4.79 Å². The van der Waals surface area contributed by atoms with Crippen molar-refractivity contribution < 1.29 is 4.79 Å². The van der Waals surface area contributed by atoms with Gasteiger partial charge in [0.2, 0.25) is 5.91 Å². The van der Waals surface area contributed by atoms with Gasteiger partial charge in [0.25, 0.3) is 0 Å². The third-order valence-electron chi connectivity index (χ3n) is 2.51. The number of rotatable bonds is 2. The predicted molar refractivity (Wildman–Crippen MR) is 61.3 cm³/mol. The second-order valence-corrected chi connectivity index (χ2v) is 4.10. The van der Waals surface area contributed by atoms with E-state index in [0.29, 0.717) is 11.0 Å². The van der Waals surface area contributed by atoms with Gasteiger partial charge in [-0.15, -0.1) is 0 Å². The molecule has 1 aliphatic heterocycles. The number of amides is 1. The summed E-state index contributed by atoms with van der Waals surface area (Å²) < 4.78 is 0. The van der Waals surface area contributed by atoms with E-state index in [-0.39, 0.29) is 11.9 Å². The first kappa shape index (κ1) is 11.3. The zero-order chi connectivity index (χ0) is 11.4. The summed E-state index contributed by atoms with van der Waals surface area (Å²) in [4.78, 5) is 19.5. The van der Waals surface area contributed by atoms with E-state index < -0.39 is 0 Å². The molecular weight excluding hydrogens is 228 g/mol. The van der Waals surface area contributed by atoms with Gasteiger partial charge in [0.05, 0.1) is 6.04 Å². The zero-order valence-electron chi connectivity index (χ0n) is 8.74. The lowest BCUT2D eigenvalue weighted by Gasteiger charge is -2.22. The average molecular weight is 241 g/mol. The molecule has 0 saturated carbocycles. The van der Waals surface area contributed by atoms with Crippen LogP contribution in [0.2, 0.25) is 5.15 Å². The van der Waals surface area contributed by atoms with Gasteiger partial charge < -0.3 is 10.6 Å². The van der Waals surface area contributed by atoms with Gasteiger partial charge >= 0.3 is 0 Å². The first-order valence-corrected chi connectivity index (χ1v) is 5.65. The number of hydrogen-bond acceptors (Lipinski definition) is 4. The molecule has 1 atom stereocenters. The van der Waals surface area contributed by atoms with Crippen LogP contribution in [0.5, 0.6) is 0 Å². The van der Waals surface area contributed by atoms with Gasteiger partial charge in [-0.25, -0.2) is 9.97 Å². The lowest BCUT2D eigenvalue weighted by atomic mass is 10.0. The first-order valence-electron chi connectivity index (χ1n) is 5.27. The van der Waals surface area contributed by atoms with Crippen molar-refractivity contribution in [3.8, 4) is 0 Å². The molecule has 1 aromatic rings. The molecule has 6 heteroatoms. The fraction of sp³-hybridized carbons (Fsp3) is 0.500. The zero-order valence-corrected chi connectivity index (χ0v) is 9.50. The monoisotopic (exact) mass is 240 g/mol. The second kappa shape index (κ2) is 5.23. The summed E-state index contributed by atoms with van der Waals surface area (Å²) in [6, 6.07) is 1.41. The normalized spacial score (nSPS) is 20.4. The molecule has 0 radical (unpaired) electrons. The smallest absolute Gasteiger partial charge is 0.242 e. The number of anilines is 1. The maximum absolute atomic E-state index is 11.8. The van der Waals surface area contributed by atoms with Crippen LogP contribution in [0.4, 0.5) is 5.82 Å². The summed E-state index contributed by atoms with van der Waals surface area (Å²) in [5.41, 5.74) is 0. The molecule has 2 heterocycles. The Labute approximate surface area is 98.6 Å². The molecule has 0 spiro atoms. The van der Waals surface area contributed by atoms with Crippen molar-refractivity contribution in [1.29, 1.82) is 0 Å². The summed E-state index contributed by atoms with van der Waals surface area (Å²) in [7, 11) is 0. The van der Waals surface area contributed by atoms with E-state index in [9.17, 15) is 4.79 Å². The SMILES string of the molecule is O=C(Nc1cc(Cl)ncn1)[C@@H]1CCCCN1. The van der Waals surface area contributed by atoms with Crippen molar-refractivity contribution in [2.75, 3.05) is 11.9 Å². The number of carbonyl (C=O) groups excluding carboxylic acids is 1. The molecule has 1 saturated heterocycles. The third-order valence-corrected chi connectivity index (χ3v) is 2.72. The summed E-state index contributed by atoms with van der Waals surface area (Å²) >= 11 is 5.70. The highest BCUT2D eigenvalue weighted by atomic mass is 35.5. The van der Waals surface area contributed by atoms with Gasteiger partial charge in [-0.05, 0) is 19.4 Å². The Morgan fingerprint density at radius 3 is 3.06 bits per heavy atom. The molecule has 1 aromatic heterocycles. The molecule has 2 N–H and O–H groups in total. The van der Waals surface area contributed by atoms with Gasteiger partial charge in [0.1, 0.15) is 17.3 Å². The van der Waals surface area contributed by atoms with E-state index >= 15 is 0 Å². The molecule has 1 fully saturated rings. The van der Waals surface area contributed by atoms with Gasteiger partial charge in [0, 0.05) is 6.07 Å². The third kappa shape index (κ3) is 2.90. The van der Waals surface area contributed by atoms with Crippen molar-refractivity contribution in [2.45, 2.75) is 25.3 Å². The van der Waals surface area contributed by atoms with Gasteiger partial charge in [-0.1, -0.05) is 18.0 Å². The Morgan fingerprint density at radius 2 is 2.38 bits per heavy atom. The fourth-order valence-electron chi connectivity index (χ4n) is 1.69. The van der Waals surface area contributed by atoms with Crippen molar-refractivity contribution >= 4 is 23.3 Å². The molecule has 16 heavy (non-hydrogen) atoms. The lowest BCUT2D eigenvalue weighted by Crippen LogP contribution is -2.43. The van der Waals surface area contributed by atoms with Crippen LogP contribution in [0.1, 0.15) is 19.3 Å². The highest BCUT2D eigenvalue weighted by molar-refractivity contribution is 6.29. The number of piperidine rings is 1. The van der Waals surface area contributed by atoms with Crippen LogP contribution < -0.4 is 10.6 Å². The number of halogens is 1. The summed E-state index contributed by atoms with van der Waals surface area (Å²) in [5, 5.41) is 6.20. The van der Waals surface area contributed by atoms with E-state index in [1.54, 1.807) is 0 Å². The number of hydrogen-bond donors (Lipinski definition) is 2. The van der Waals surface area contributed by atoms with Crippen LogP contribution in [0.25, 0.3) is 0 Å². The topological polar surface area (TPSA) is 66.9 Å². The lowest BCUT2D eigenvalue weighted by molar-refractivity contribution is -0.118. The van der Waals surface area contributed by atoms with Crippen LogP contribution in [0.3, 0.4) is 0 Å². The van der Waals surface area contributed by atoms with Gasteiger partial charge in [0.15, 0.2) is 0 Å². The highest BCUT2D eigenvalue weighted by Crippen LogP contribution is 2.11. The molecule has 1 amide bonds. The van der Waals surface area contributed by atoms with Crippen molar-refractivity contribution in [3.05, 3.63) is 17.5 Å². The minimum absolute atomic E-state index is 0.0607. The Bertz CT molecular complexity index is 379. The molecule has 86 valence electrons. The molecule has 0 bridgehead atoms. The minimum Gasteiger partial charge on any atom is -0.309 e. The molecule has 0 aromatic carbocycles. The van der Waals surface area contributed by atoms with Crippen LogP contribution >= 0.6 is 11.6 Å². The van der Waals surface area contributed by atoms with E-state index in [1.807, 2.05) is 0 Å². The van der Waals surface area contributed by atoms with E-state index in [0.717, 1.165) is 25.8 Å². The molecule has 5 nitrogen and oxygen atoms in total. The van der Waals surface area contributed by atoms with Crippen molar-refractivity contribution in [2.24, 2.45) is 0 Å². The van der Waals surface area contributed by atoms with Gasteiger partial charge in [-0.2, -0.15) is 0 Å². The summed E-state index contributed by atoms with van der Waals surface area (Å²) in [6.45, 7) is 0.891. The number of nitrogens with one attached hydrogen (secondary N) is 2. The van der Waals surface area contributed by atoms with Crippen LogP contribution in [0.15, 0.2) is 12.4 Å². The van der Waals surface area contributed by atoms with Crippen molar-refractivity contribution in [3.63, 3.8) is 0 Å². The quantitative estimate of drug-likeness (QED) is 0.763. The predicted octanol–water partition coefficient (Wildman–Crippen LogP) is 1.21. The molecule has 0 aliphatic carbocycles. The Morgan fingerprint density at radius 1 is 1.50 bits per heavy atom. The van der Waals surface area contributed by atoms with Crippen LogP contribution in [-0.4, -0.2) is 28.5 Å². The average Bonchev–Trinajstić information content (AvgIpc) is 2.30. The Hall–Kier alpha value is -1.20. The maximum Gasteiger partial charge on any atom is 0.242 e. The fourth-order valence-corrected chi connectivity index (χ4v) is 1.84.